The van der Waals surface area contributed by atoms with Gasteiger partial charge in [0.1, 0.15) is 5.82 Å². The Kier molecular flexibility index (Phi) is 4.90. The third-order valence-corrected chi connectivity index (χ3v) is 4.05. The molecule has 8 heteroatoms. The largest absolute Gasteiger partial charge is 0.433 e. The van der Waals surface area contributed by atoms with Crippen molar-refractivity contribution in [2.24, 2.45) is 0 Å². The molecule has 0 bridgehead atoms. The van der Waals surface area contributed by atoms with Gasteiger partial charge in [-0.25, -0.2) is 4.98 Å². The summed E-state index contributed by atoms with van der Waals surface area (Å²) in [7, 11) is 3.28. The number of rotatable bonds is 5. The zero-order valence-corrected chi connectivity index (χ0v) is 13.3. The first-order valence-corrected chi connectivity index (χ1v) is 7.62. The van der Waals surface area contributed by atoms with E-state index in [0.717, 1.165) is 17.4 Å². The molecule has 0 spiro atoms. The molecule has 4 nitrogen and oxygen atoms in total. The smallest absolute Gasteiger partial charge is 0.363 e. The first-order valence-electron chi connectivity index (χ1n) is 6.74. The molecule has 2 aromatic heterocycles. The lowest BCUT2D eigenvalue weighted by Crippen LogP contribution is -2.19. The van der Waals surface area contributed by atoms with Gasteiger partial charge in [-0.3, -0.25) is 0 Å². The summed E-state index contributed by atoms with van der Waals surface area (Å²) in [5.74, 6) is 0.199. The highest BCUT2D eigenvalue weighted by Crippen LogP contribution is 2.31. The Morgan fingerprint density at radius 1 is 1.32 bits per heavy atom. The van der Waals surface area contributed by atoms with Crippen LogP contribution in [0, 0.1) is 0 Å². The average molecular weight is 330 g/mol. The van der Waals surface area contributed by atoms with Crippen molar-refractivity contribution >= 4 is 23.1 Å². The Balaban J connectivity index is 2.35. The Hall–Kier alpha value is -1.83. The van der Waals surface area contributed by atoms with Crippen molar-refractivity contribution in [3.05, 3.63) is 34.2 Å². The highest BCUT2D eigenvalue weighted by Gasteiger charge is 2.34. The fourth-order valence-corrected chi connectivity index (χ4v) is 2.75. The molecule has 0 amide bonds. The van der Waals surface area contributed by atoms with Gasteiger partial charge in [-0.1, -0.05) is 13.0 Å². The molecule has 120 valence electrons. The molecule has 0 aliphatic heterocycles. The maximum Gasteiger partial charge on any atom is 0.433 e. The zero-order valence-electron chi connectivity index (χ0n) is 12.5. The van der Waals surface area contributed by atoms with E-state index in [-0.39, 0.29) is 17.8 Å². The fraction of sp³-hybridized carbons (Fsp3) is 0.429. The lowest BCUT2D eigenvalue weighted by Gasteiger charge is -2.19. The molecule has 0 aliphatic carbocycles. The maximum atomic E-state index is 13.0. The molecular weight excluding hydrogens is 313 g/mol. The van der Waals surface area contributed by atoms with Crippen LogP contribution >= 0.6 is 11.3 Å². The summed E-state index contributed by atoms with van der Waals surface area (Å²) >= 11 is 1.54. The number of nitrogens with zero attached hydrogens (tertiary/aromatic N) is 3. The van der Waals surface area contributed by atoms with E-state index < -0.39 is 11.9 Å². The number of aromatic nitrogens is 2. The summed E-state index contributed by atoms with van der Waals surface area (Å²) < 4.78 is 38.9. The van der Waals surface area contributed by atoms with Crippen molar-refractivity contribution in [3.8, 4) is 0 Å². The minimum Gasteiger partial charge on any atom is -0.363 e. The van der Waals surface area contributed by atoms with Crippen molar-refractivity contribution < 1.29 is 13.2 Å². The van der Waals surface area contributed by atoms with Gasteiger partial charge in [-0.05, 0) is 17.9 Å². The lowest BCUT2D eigenvalue weighted by atomic mass is 10.2. The normalized spacial score (nSPS) is 13.0. The van der Waals surface area contributed by atoms with Crippen molar-refractivity contribution in [3.63, 3.8) is 0 Å². The summed E-state index contributed by atoms with van der Waals surface area (Å²) in [5.41, 5.74) is -0.949. The minimum absolute atomic E-state index is 0.0150. The molecule has 1 N–H and O–H groups in total. The van der Waals surface area contributed by atoms with Crippen LogP contribution in [0.3, 0.4) is 0 Å². The van der Waals surface area contributed by atoms with Gasteiger partial charge in [0, 0.05) is 25.0 Å². The molecule has 0 fully saturated rings. The summed E-state index contributed by atoms with van der Waals surface area (Å²) in [6, 6.07) is 4.67. The number of thiophene rings is 1. The van der Waals surface area contributed by atoms with Crippen LogP contribution in [0.4, 0.5) is 24.9 Å². The molecule has 2 rings (SSSR count). The predicted molar refractivity (Wildman–Crippen MR) is 82.3 cm³/mol. The van der Waals surface area contributed by atoms with Gasteiger partial charge in [0.25, 0.3) is 0 Å². The number of hydrogen-bond donors (Lipinski definition) is 1. The van der Waals surface area contributed by atoms with Crippen LogP contribution in [0.1, 0.15) is 30.0 Å². The summed E-state index contributed by atoms with van der Waals surface area (Å²) in [5, 5.41) is 4.93. The van der Waals surface area contributed by atoms with E-state index in [9.17, 15) is 13.2 Å². The molecule has 2 heterocycles. The van der Waals surface area contributed by atoms with E-state index in [1.54, 1.807) is 25.4 Å². The van der Waals surface area contributed by atoms with E-state index >= 15 is 0 Å². The van der Waals surface area contributed by atoms with Crippen molar-refractivity contribution in [2.45, 2.75) is 25.6 Å². The molecular formula is C14H17F3N4S. The zero-order chi connectivity index (χ0) is 16.3. The van der Waals surface area contributed by atoms with Crippen LogP contribution in [0.15, 0.2) is 23.6 Å². The van der Waals surface area contributed by atoms with Crippen molar-refractivity contribution in [1.82, 2.24) is 9.97 Å². The molecule has 0 aliphatic rings. The Morgan fingerprint density at radius 3 is 2.55 bits per heavy atom. The van der Waals surface area contributed by atoms with Gasteiger partial charge in [-0.2, -0.15) is 18.2 Å². The third-order valence-electron chi connectivity index (χ3n) is 3.06. The van der Waals surface area contributed by atoms with Gasteiger partial charge in [0.05, 0.1) is 6.04 Å². The molecule has 0 saturated heterocycles. The molecule has 1 unspecified atom stereocenters. The number of nitrogens with one attached hydrogen (secondary N) is 1. The van der Waals surface area contributed by atoms with Gasteiger partial charge >= 0.3 is 6.18 Å². The highest BCUT2D eigenvalue weighted by molar-refractivity contribution is 7.10. The van der Waals surface area contributed by atoms with Crippen LogP contribution in [-0.4, -0.2) is 24.1 Å². The summed E-state index contributed by atoms with van der Waals surface area (Å²) in [4.78, 5) is 10.3. The second kappa shape index (κ2) is 6.51. The first-order chi connectivity index (χ1) is 10.3. The first kappa shape index (κ1) is 16.5. The average Bonchev–Trinajstić information content (AvgIpc) is 2.97. The van der Waals surface area contributed by atoms with Crippen LogP contribution < -0.4 is 10.2 Å². The second-order valence-corrected chi connectivity index (χ2v) is 5.93. The quantitative estimate of drug-likeness (QED) is 0.893. The van der Waals surface area contributed by atoms with Crippen molar-refractivity contribution in [2.75, 3.05) is 24.3 Å². The molecule has 0 saturated carbocycles. The number of anilines is 2. The molecule has 1 atom stereocenters. The van der Waals surface area contributed by atoms with E-state index in [4.69, 9.17) is 0 Å². The fourth-order valence-electron chi connectivity index (χ4n) is 1.89. The van der Waals surface area contributed by atoms with Gasteiger partial charge in [0.2, 0.25) is 5.95 Å². The topological polar surface area (TPSA) is 41.1 Å². The van der Waals surface area contributed by atoms with Crippen LogP contribution in [0.5, 0.6) is 0 Å². The maximum absolute atomic E-state index is 13.0. The van der Waals surface area contributed by atoms with Crippen molar-refractivity contribution in [1.29, 1.82) is 0 Å². The Labute approximate surface area is 131 Å². The molecule has 2 aromatic rings. The SMILES string of the molecule is CCC(Nc1nc(N(C)C)cc(C(F)(F)F)n1)c1cccs1. The number of alkyl halides is 3. The Morgan fingerprint density at radius 2 is 2.05 bits per heavy atom. The van der Waals surface area contributed by atoms with Crippen LogP contribution in [-0.2, 0) is 6.18 Å². The van der Waals surface area contributed by atoms with Crippen LogP contribution in [0.25, 0.3) is 0 Å². The predicted octanol–water partition coefficient (Wildman–Crippen LogP) is 4.19. The lowest BCUT2D eigenvalue weighted by molar-refractivity contribution is -0.141. The van der Waals surface area contributed by atoms with E-state index in [1.807, 2.05) is 24.4 Å². The van der Waals surface area contributed by atoms with Gasteiger partial charge in [0.15, 0.2) is 5.69 Å². The van der Waals surface area contributed by atoms with Gasteiger partial charge in [-0.15, -0.1) is 11.3 Å². The second-order valence-electron chi connectivity index (χ2n) is 4.95. The third kappa shape index (κ3) is 3.88. The number of halogens is 3. The molecule has 0 aromatic carbocycles. The molecule has 22 heavy (non-hydrogen) atoms. The van der Waals surface area contributed by atoms with E-state index in [2.05, 4.69) is 15.3 Å². The monoisotopic (exact) mass is 330 g/mol. The van der Waals surface area contributed by atoms with Crippen LogP contribution in [0.2, 0.25) is 0 Å². The Bertz CT molecular complexity index is 611. The minimum atomic E-state index is -4.51. The standard InChI is InChI=1S/C14H17F3N4S/c1-4-9(10-6-5-7-22-10)18-13-19-11(14(15,16)17)8-12(20-13)21(2)3/h5-9H,4H2,1-3H3,(H,18,19,20). The van der Waals surface area contributed by atoms with E-state index in [0.29, 0.717) is 0 Å². The molecule has 0 radical (unpaired) electrons. The van der Waals surface area contributed by atoms with Gasteiger partial charge < -0.3 is 10.2 Å². The highest BCUT2D eigenvalue weighted by atomic mass is 32.1. The number of hydrogen-bond acceptors (Lipinski definition) is 5. The van der Waals surface area contributed by atoms with E-state index in [1.165, 1.54) is 4.90 Å². The summed E-state index contributed by atoms with van der Waals surface area (Å²) in [6.45, 7) is 1.96. The summed E-state index contributed by atoms with van der Waals surface area (Å²) in [6.07, 6.45) is -3.79.